The number of para-hydroxylation sites is 1. The van der Waals surface area contributed by atoms with Crippen LogP contribution in [-0.4, -0.2) is 23.3 Å². The molecule has 37 heavy (non-hydrogen) atoms. The van der Waals surface area contributed by atoms with Gasteiger partial charge >= 0.3 is 0 Å². The molecule has 4 aromatic carbocycles. The van der Waals surface area contributed by atoms with Gasteiger partial charge in [0.1, 0.15) is 11.0 Å². The van der Waals surface area contributed by atoms with E-state index in [4.69, 9.17) is 4.74 Å². The summed E-state index contributed by atoms with van der Waals surface area (Å²) >= 11 is 1.33. The summed E-state index contributed by atoms with van der Waals surface area (Å²) in [6.07, 6.45) is 0. The zero-order chi connectivity index (χ0) is 26.0. The standard InChI is InChI=1S/C28H23N3O5S/c32-26(19-36-24-11-5-2-6-12-24)29-22-10-7-13-25(18-22)37-27(20-8-3-1-4-9-20)28(33)30-21-14-16-23(17-15-21)31(34)35/h1-18,27H,19H2,(H,29,32)(H,30,33). The summed E-state index contributed by atoms with van der Waals surface area (Å²) in [6, 6.07) is 31.3. The van der Waals surface area contributed by atoms with Gasteiger partial charge in [-0.1, -0.05) is 54.6 Å². The van der Waals surface area contributed by atoms with Crippen molar-refractivity contribution in [2.24, 2.45) is 0 Å². The molecule has 0 saturated carbocycles. The molecule has 0 aliphatic carbocycles. The second kappa shape index (κ2) is 12.4. The van der Waals surface area contributed by atoms with Crippen LogP contribution in [0.15, 0.2) is 114 Å². The summed E-state index contributed by atoms with van der Waals surface area (Å²) < 4.78 is 5.49. The summed E-state index contributed by atoms with van der Waals surface area (Å²) in [5.41, 5.74) is 1.77. The third-order valence-electron chi connectivity index (χ3n) is 5.17. The molecular formula is C28H23N3O5S. The number of nitro groups is 1. The SMILES string of the molecule is O=C(COc1ccccc1)Nc1cccc(SC(C(=O)Nc2ccc([N+](=O)[O-])cc2)c2ccccc2)c1. The van der Waals surface area contributed by atoms with Gasteiger partial charge in [-0.05, 0) is 48.0 Å². The lowest BCUT2D eigenvalue weighted by atomic mass is 10.1. The summed E-state index contributed by atoms with van der Waals surface area (Å²) in [5.74, 6) is 0.0176. The monoisotopic (exact) mass is 513 g/mol. The molecule has 0 aliphatic heterocycles. The molecule has 0 heterocycles. The van der Waals surface area contributed by atoms with Gasteiger partial charge in [0.05, 0.1) is 4.92 Å². The summed E-state index contributed by atoms with van der Waals surface area (Å²) in [4.78, 5) is 36.8. The van der Waals surface area contributed by atoms with E-state index < -0.39 is 10.2 Å². The average molecular weight is 514 g/mol. The zero-order valence-electron chi connectivity index (χ0n) is 19.6. The van der Waals surface area contributed by atoms with E-state index in [0.717, 1.165) is 10.5 Å². The number of hydrogen-bond acceptors (Lipinski definition) is 6. The van der Waals surface area contributed by atoms with Crippen LogP contribution in [0.25, 0.3) is 0 Å². The molecule has 9 heteroatoms. The lowest BCUT2D eigenvalue weighted by Crippen LogP contribution is -2.20. The number of carbonyl (C=O) groups is 2. The van der Waals surface area contributed by atoms with Crippen molar-refractivity contribution in [3.8, 4) is 5.75 Å². The Morgan fingerprint density at radius 2 is 1.49 bits per heavy atom. The third kappa shape index (κ3) is 7.42. The van der Waals surface area contributed by atoms with Crippen LogP contribution < -0.4 is 15.4 Å². The molecule has 8 nitrogen and oxygen atoms in total. The fourth-order valence-corrected chi connectivity index (χ4v) is 4.50. The molecule has 4 rings (SSSR count). The first-order chi connectivity index (χ1) is 18.0. The minimum atomic E-state index is -0.608. The Morgan fingerprint density at radius 3 is 2.16 bits per heavy atom. The summed E-state index contributed by atoms with van der Waals surface area (Å²) in [7, 11) is 0. The molecule has 0 aliphatic rings. The second-order valence-electron chi connectivity index (χ2n) is 7.88. The summed E-state index contributed by atoms with van der Waals surface area (Å²) in [6.45, 7) is -0.133. The lowest BCUT2D eigenvalue weighted by Gasteiger charge is -2.18. The molecule has 0 aromatic heterocycles. The predicted molar refractivity (Wildman–Crippen MR) is 144 cm³/mol. The molecule has 4 aromatic rings. The number of thioether (sulfide) groups is 1. The van der Waals surface area contributed by atoms with Gasteiger partial charge in [-0.3, -0.25) is 19.7 Å². The molecule has 1 unspecified atom stereocenters. The summed E-state index contributed by atoms with van der Waals surface area (Å²) in [5, 5.41) is 16.0. The topological polar surface area (TPSA) is 111 Å². The number of carbonyl (C=O) groups excluding carboxylic acids is 2. The number of nitrogens with one attached hydrogen (secondary N) is 2. The molecule has 0 radical (unpaired) electrons. The fraction of sp³-hybridized carbons (Fsp3) is 0.0714. The maximum atomic E-state index is 13.3. The van der Waals surface area contributed by atoms with E-state index in [9.17, 15) is 19.7 Å². The van der Waals surface area contributed by atoms with Gasteiger partial charge in [0, 0.05) is 28.4 Å². The number of anilines is 2. The van der Waals surface area contributed by atoms with Crippen molar-refractivity contribution in [2.75, 3.05) is 17.2 Å². The van der Waals surface area contributed by atoms with Crippen molar-refractivity contribution in [1.29, 1.82) is 0 Å². The zero-order valence-corrected chi connectivity index (χ0v) is 20.4. The molecule has 0 fully saturated rings. The van der Waals surface area contributed by atoms with Crippen molar-refractivity contribution < 1.29 is 19.2 Å². The van der Waals surface area contributed by atoms with Gasteiger partial charge in [0.15, 0.2) is 6.61 Å². The predicted octanol–water partition coefficient (Wildman–Crippen LogP) is 6.08. The van der Waals surface area contributed by atoms with E-state index in [0.29, 0.717) is 17.1 Å². The number of ether oxygens (including phenoxy) is 1. The molecular weight excluding hydrogens is 490 g/mol. The number of amides is 2. The van der Waals surface area contributed by atoms with E-state index >= 15 is 0 Å². The largest absolute Gasteiger partial charge is 0.484 e. The van der Waals surface area contributed by atoms with Crippen LogP contribution in [0.4, 0.5) is 17.1 Å². The van der Waals surface area contributed by atoms with Gasteiger partial charge < -0.3 is 15.4 Å². The number of nitrogens with zero attached hydrogens (tertiary/aromatic N) is 1. The van der Waals surface area contributed by atoms with Crippen molar-refractivity contribution in [2.45, 2.75) is 10.1 Å². The van der Waals surface area contributed by atoms with Gasteiger partial charge in [-0.2, -0.15) is 0 Å². The highest BCUT2D eigenvalue weighted by molar-refractivity contribution is 8.00. The minimum Gasteiger partial charge on any atom is -0.484 e. The van der Waals surface area contributed by atoms with Gasteiger partial charge in [-0.25, -0.2) is 0 Å². The smallest absolute Gasteiger partial charge is 0.269 e. The van der Waals surface area contributed by atoms with Crippen molar-refractivity contribution >= 4 is 40.6 Å². The Labute approximate surface area is 217 Å². The highest BCUT2D eigenvalue weighted by Gasteiger charge is 2.23. The molecule has 2 amide bonds. The Balaban J connectivity index is 1.45. The fourth-order valence-electron chi connectivity index (χ4n) is 3.42. The van der Waals surface area contributed by atoms with E-state index in [1.54, 1.807) is 30.3 Å². The quantitative estimate of drug-likeness (QED) is 0.151. The van der Waals surface area contributed by atoms with Crippen LogP contribution in [0.2, 0.25) is 0 Å². The highest BCUT2D eigenvalue weighted by atomic mass is 32.2. The average Bonchev–Trinajstić information content (AvgIpc) is 2.92. The molecule has 0 bridgehead atoms. The highest BCUT2D eigenvalue weighted by Crippen LogP contribution is 2.37. The van der Waals surface area contributed by atoms with Crippen LogP contribution in [0.5, 0.6) is 5.75 Å². The van der Waals surface area contributed by atoms with Crippen LogP contribution in [0.3, 0.4) is 0 Å². The maximum absolute atomic E-state index is 13.3. The van der Waals surface area contributed by atoms with Crippen LogP contribution in [0.1, 0.15) is 10.8 Å². The van der Waals surface area contributed by atoms with E-state index in [2.05, 4.69) is 10.6 Å². The Morgan fingerprint density at radius 1 is 0.811 bits per heavy atom. The molecule has 0 saturated heterocycles. The van der Waals surface area contributed by atoms with Crippen molar-refractivity contribution in [3.63, 3.8) is 0 Å². The molecule has 186 valence electrons. The minimum absolute atomic E-state index is 0.0555. The van der Waals surface area contributed by atoms with Gasteiger partial charge in [0.2, 0.25) is 5.91 Å². The van der Waals surface area contributed by atoms with E-state index in [1.165, 1.54) is 36.0 Å². The Kier molecular flexibility index (Phi) is 8.51. The van der Waals surface area contributed by atoms with Crippen LogP contribution in [0, 0.1) is 10.1 Å². The number of benzene rings is 4. The maximum Gasteiger partial charge on any atom is 0.269 e. The Bertz CT molecular complexity index is 1370. The van der Waals surface area contributed by atoms with Crippen LogP contribution in [-0.2, 0) is 9.59 Å². The first-order valence-corrected chi connectivity index (χ1v) is 12.2. The number of nitro benzene ring substituents is 1. The van der Waals surface area contributed by atoms with Gasteiger partial charge in [-0.15, -0.1) is 11.8 Å². The normalized spacial score (nSPS) is 11.2. The molecule has 1 atom stereocenters. The first-order valence-electron chi connectivity index (χ1n) is 11.3. The number of rotatable bonds is 10. The van der Waals surface area contributed by atoms with E-state index in [1.807, 2.05) is 54.6 Å². The molecule has 2 N–H and O–H groups in total. The molecule has 0 spiro atoms. The lowest BCUT2D eigenvalue weighted by molar-refractivity contribution is -0.384. The van der Waals surface area contributed by atoms with Gasteiger partial charge in [0.25, 0.3) is 11.6 Å². The number of hydrogen-bond donors (Lipinski definition) is 2. The van der Waals surface area contributed by atoms with E-state index in [-0.39, 0.29) is 24.1 Å². The number of non-ortho nitro benzene ring substituents is 1. The Hall–Kier alpha value is -4.63. The second-order valence-corrected chi connectivity index (χ2v) is 9.06. The van der Waals surface area contributed by atoms with Crippen molar-refractivity contribution in [1.82, 2.24) is 0 Å². The van der Waals surface area contributed by atoms with Crippen molar-refractivity contribution in [3.05, 3.63) is 125 Å². The first kappa shape index (κ1) is 25.5. The third-order valence-corrected chi connectivity index (χ3v) is 6.42. The van der Waals surface area contributed by atoms with Crippen LogP contribution >= 0.6 is 11.8 Å².